The minimum absolute atomic E-state index is 0.0429. The van der Waals surface area contributed by atoms with E-state index in [4.69, 9.17) is 4.74 Å². The molecule has 2 amide bonds. The second-order valence-corrected chi connectivity index (χ2v) is 5.53. The van der Waals surface area contributed by atoms with Gasteiger partial charge in [0.15, 0.2) is 0 Å². The minimum atomic E-state index is -0.561. The minimum Gasteiger partial charge on any atom is -0.465 e. The molecule has 1 heterocycles. The van der Waals surface area contributed by atoms with E-state index in [1.54, 1.807) is 30.3 Å². The number of hydrogen-bond donors (Lipinski definition) is 2. The lowest BCUT2D eigenvalue weighted by Gasteiger charge is -2.10. The summed E-state index contributed by atoms with van der Waals surface area (Å²) in [6.07, 6.45) is 0. The number of benzene rings is 1. The van der Waals surface area contributed by atoms with Crippen LogP contribution in [0.25, 0.3) is 0 Å². The van der Waals surface area contributed by atoms with E-state index in [2.05, 4.69) is 15.6 Å². The van der Waals surface area contributed by atoms with Crippen LogP contribution in [0.5, 0.6) is 0 Å². The molecule has 7 heteroatoms. The molecule has 2 aromatic rings. The first-order valence-electron chi connectivity index (χ1n) is 7.69. The average Bonchev–Trinajstić information content (AvgIpc) is 2.61. The van der Waals surface area contributed by atoms with Gasteiger partial charge in [-0.25, -0.2) is 9.78 Å². The fourth-order valence-electron chi connectivity index (χ4n) is 2.09. The maximum Gasteiger partial charge on any atom is 0.339 e. The molecule has 0 aliphatic heterocycles. The molecule has 0 bridgehead atoms. The van der Waals surface area contributed by atoms with E-state index in [1.807, 2.05) is 13.8 Å². The second-order valence-electron chi connectivity index (χ2n) is 5.53. The molecule has 0 fully saturated rings. The fraction of sp³-hybridized carbons (Fsp3) is 0.222. The lowest BCUT2D eigenvalue weighted by atomic mass is 10.1. The Morgan fingerprint density at radius 2 is 1.60 bits per heavy atom. The molecule has 25 heavy (non-hydrogen) atoms. The van der Waals surface area contributed by atoms with E-state index in [9.17, 15) is 14.4 Å². The normalized spacial score (nSPS) is 10.2. The molecule has 0 spiro atoms. The Kier molecular flexibility index (Phi) is 5.84. The van der Waals surface area contributed by atoms with Gasteiger partial charge in [-0.1, -0.05) is 18.2 Å². The zero-order chi connectivity index (χ0) is 18.4. The van der Waals surface area contributed by atoms with E-state index in [-0.39, 0.29) is 28.9 Å². The smallest absolute Gasteiger partial charge is 0.339 e. The molecule has 0 saturated heterocycles. The summed E-state index contributed by atoms with van der Waals surface area (Å²) in [5.74, 6) is -1.45. The third-order valence-electron chi connectivity index (χ3n) is 3.21. The molecule has 0 atom stereocenters. The number of pyridine rings is 1. The van der Waals surface area contributed by atoms with Gasteiger partial charge in [-0.3, -0.25) is 9.59 Å². The van der Waals surface area contributed by atoms with Crippen molar-refractivity contribution in [2.45, 2.75) is 19.9 Å². The van der Waals surface area contributed by atoms with Crippen LogP contribution in [0, 0.1) is 0 Å². The van der Waals surface area contributed by atoms with Crippen LogP contribution in [0.4, 0.5) is 5.69 Å². The third-order valence-corrected chi connectivity index (χ3v) is 3.21. The Hall–Kier alpha value is -3.22. The summed E-state index contributed by atoms with van der Waals surface area (Å²) in [5.41, 5.74) is 0.740. The van der Waals surface area contributed by atoms with Gasteiger partial charge >= 0.3 is 5.97 Å². The van der Waals surface area contributed by atoms with E-state index in [1.165, 1.54) is 19.2 Å². The number of carbonyl (C=O) groups is 3. The van der Waals surface area contributed by atoms with Gasteiger partial charge in [0.25, 0.3) is 11.8 Å². The van der Waals surface area contributed by atoms with Gasteiger partial charge in [-0.15, -0.1) is 0 Å². The molecule has 0 saturated carbocycles. The monoisotopic (exact) mass is 341 g/mol. The van der Waals surface area contributed by atoms with Gasteiger partial charge in [0.1, 0.15) is 11.4 Å². The molecule has 1 aromatic carbocycles. The van der Waals surface area contributed by atoms with Gasteiger partial charge in [-0.05, 0) is 38.1 Å². The highest BCUT2D eigenvalue weighted by molar-refractivity contribution is 6.07. The number of aromatic nitrogens is 1. The van der Waals surface area contributed by atoms with Crippen LogP contribution in [0.15, 0.2) is 42.5 Å². The van der Waals surface area contributed by atoms with E-state index >= 15 is 0 Å². The predicted molar refractivity (Wildman–Crippen MR) is 92.6 cm³/mol. The van der Waals surface area contributed by atoms with Crippen molar-refractivity contribution in [2.75, 3.05) is 12.4 Å². The van der Waals surface area contributed by atoms with Crippen LogP contribution in [-0.2, 0) is 4.74 Å². The molecular weight excluding hydrogens is 322 g/mol. The lowest BCUT2D eigenvalue weighted by molar-refractivity contribution is 0.0601. The number of methoxy groups -OCH3 is 1. The molecule has 2 rings (SSSR count). The van der Waals surface area contributed by atoms with Crippen LogP contribution in [-0.4, -0.2) is 35.9 Å². The summed E-state index contributed by atoms with van der Waals surface area (Å²) in [6, 6.07) is 11.0. The molecule has 130 valence electrons. The first kappa shape index (κ1) is 18.1. The number of nitrogens with one attached hydrogen (secondary N) is 2. The maximum atomic E-state index is 12.4. The quantitative estimate of drug-likeness (QED) is 0.813. The summed E-state index contributed by atoms with van der Waals surface area (Å²) >= 11 is 0. The Morgan fingerprint density at radius 3 is 2.24 bits per heavy atom. The first-order valence-corrected chi connectivity index (χ1v) is 7.69. The van der Waals surface area contributed by atoms with E-state index in [0.29, 0.717) is 5.69 Å². The standard InChI is InChI=1S/C18H19N3O4/c1-11(2)19-16(22)14-9-6-10-15(20-14)17(23)21-13-8-5-4-7-12(13)18(24)25-3/h4-11H,1-3H3,(H,19,22)(H,21,23). The van der Waals surface area contributed by atoms with Crippen LogP contribution >= 0.6 is 0 Å². The summed E-state index contributed by atoms with van der Waals surface area (Å²) < 4.78 is 4.69. The van der Waals surface area contributed by atoms with Gasteiger partial charge in [0.2, 0.25) is 0 Å². The molecule has 0 aliphatic rings. The summed E-state index contributed by atoms with van der Waals surface area (Å²) in [4.78, 5) is 40.3. The third kappa shape index (κ3) is 4.63. The van der Waals surface area contributed by atoms with Crippen LogP contribution in [0.1, 0.15) is 45.2 Å². The zero-order valence-corrected chi connectivity index (χ0v) is 14.2. The number of ether oxygens (including phenoxy) is 1. The summed E-state index contributed by atoms with van der Waals surface area (Å²) in [6.45, 7) is 3.66. The zero-order valence-electron chi connectivity index (χ0n) is 14.2. The van der Waals surface area contributed by atoms with Crippen molar-refractivity contribution in [1.82, 2.24) is 10.3 Å². The first-order chi connectivity index (χ1) is 11.9. The second kappa shape index (κ2) is 8.05. The van der Waals surface area contributed by atoms with Gasteiger partial charge in [-0.2, -0.15) is 0 Å². The molecule has 0 radical (unpaired) electrons. The highest BCUT2D eigenvalue weighted by atomic mass is 16.5. The van der Waals surface area contributed by atoms with Crippen molar-refractivity contribution in [2.24, 2.45) is 0 Å². The van der Waals surface area contributed by atoms with Crippen molar-refractivity contribution in [3.63, 3.8) is 0 Å². The van der Waals surface area contributed by atoms with E-state index < -0.39 is 11.9 Å². The Balaban J connectivity index is 2.22. The van der Waals surface area contributed by atoms with Gasteiger partial charge < -0.3 is 15.4 Å². The lowest BCUT2D eigenvalue weighted by Crippen LogP contribution is -2.31. The van der Waals surface area contributed by atoms with Crippen molar-refractivity contribution in [3.8, 4) is 0 Å². The van der Waals surface area contributed by atoms with Crippen LogP contribution in [0.2, 0.25) is 0 Å². The van der Waals surface area contributed by atoms with Crippen molar-refractivity contribution >= 4 is 23.5 Å². The van der Waals surface area contributed by atoms with Crippen molar-refractivity contribution in [3.05, 3.63) is 59.4 Å². The molecular formula is C18H19N3O4. The van der Waals surface area contributed by atoms with Crippen LogP contribution < -0.4 is 10.6 Å². The fourth-order valence-corrected chi connectivity index (χ4v) is 2.09. The highest BCUT2D eigenvalue weighted by Crippen LogP contribution is 2.17. The highest BCUT2D eigenvalue weighted by Gasteiger charge is 2.16. The van der Waals surface area contributed by atoms with Crippen molar-refractivity contribution in [1.29, 1.82) is 0 Å². The summed E-state index contributed by atoms with van der Waals surface area (Å²) in [7, 11) is 1.26. The maximum absolute atomic E-state index is 12.4. The number of amides is 2. The SMILES string of the molecule is COC(=O)c1ccccc1NC(=O)c1cccc(C(=O)NC(C)C)n1. The number of anilines is 1. The number of nitrogens with zero attached hydrogens (tertiary/aromatic N) is 1. The molecule has 2 N–H and O–H groups in total. The van der Waals surface area contributed by atoms with Crippen LogP contribution in [0.3, 0.4) is 0 Å². The number of hydrogen-bond acceptors (Lipinski definition) is 5. The molecule has 0 unspecified atom stereocenters. The van der Waals surface area contributed by atoms with Gasteiger partial charge in [0, 0.05) is 6.04 Å². The largest absolute Gasteiger partial charge is 0.465 e. The summed E-state index contributed by atoms with van der Waals surface area (Å²) in [5, 5.41) is 5.33. The number of carbonyl (C=O) groups excluding carboxylic acids is 3. The average molecular weight is 341 g/mol. The molecule has 0 aliphatic carbocycles. The number of esters is 1. The molecule has 7 nitrogen and oxygen atoms in total. The van der Waals surface area contributed by atoms with E-state index in [0.717, 1.165) is 0 Å². The Labute approximate surface area is 145 Å². The number of para-hydroxylation sites is 1. The van der Waals surface area contributed by atoms with Gasteiger partial charge in [0.05, 0.1) is 18.4 Å². The topological polar surface area (TPSA) is 97.4 Å². The predicted octanol–water partition coefficient (Wildman–Crippen LogP) is 2.26. The number of rotatable bonds is 5. The Morgan fingerprint density at radius 1 is 0.960 bits per heavy atom. The molecule has 1 aromatic heterocycles. The Bertz CT molecular complexity index is 802. The van der Waals surface area contributed by atoms with Crippen molar-refractivity contribution < 1.29 is 19.1 Å².